The molecule has 0 aromatic carbocycles. The lowest BCUT2D eigenvalue weighted by atomic mass is 9.82. The number of carbonyl (C=O) groups excluding carboxylic acids is 1. The number of carboxylic acids is 1. The van der Waals surface area contributed by atoms with Crippen LogP contribution in [0.3, 0.4) is 0 Å². The summed E-state index contributed by atoms with van der Waals surface area (Å²) in [5.74, 6) is -2.18. The van der Waals surface area contributed by atoms with Crippen LogP contribution in [-0.2, 0) is 14.3 Å². The van der Waals surface area contributed by atoms with Gasteiger partial charge in [-0.05, 0) is 26.7 Å². The van der Waals surface area contributed by atoms with E-state index < -0.39 is 17.8 Å². The van der Waals surface area contributed by atoms with Crippen molar-refractivity contribution in [3.05, 3.63) is 12.2 Å². The van der Waals surface area contributed by atoms with Crippen LogP contribution in [0.2, 0.25) is 0 Å². The third-order valence-corrected chi connectivity index (χ3v) is 2.94. The van der Waals surface area contributed by atoms with E-state index in [4.69, 9.17) is 9.84 Å². The van der Waals surface area contributed by atoms with Crippen LogP contribution in [0, 0.1) is 11.8 Å². The molecule has 2 N–H and O–H groups in total. The van der Waals surface area contributed by atoms with Gasteiger partial charge in [-0.25, -0.2) is 0 Å². The molecule has 0 fully saturated rings. The van der Waals surface area contributed by atoms with E-state index in [1.807, 2.05) is 26.0 Å². The Balaban J connectivity index is 2.39. The summed E-state index contributed by atoms with van der Waals surface area (Å²) in [5.41, 5.74) is 0. The number of carboxylic acid groups (broad SMARTS) is 1. The van der Waals surface area contributed by atoms with Gasteiger partial charge < -0.3 is 15.2 Å². The minimum Gasteiger partial charge on any atom is -0.481 e. The highest BCUT2D eigenvalue weighted by Gasteiger charge is 2.33. The van der Waals surface area contributed by atoms with Crippen molar-refractivity contribution in [3.8, 4) is 0 Å². The van der Waals surface area contributed by atoms with E-state index in [0.717, 1.165) is 0 Å². The fraction of sp³-hybridized carbons (Fsp3) is 0.692. The Bertz CT molecular complexity index is 325. The molecule has 0 spiro atoms. The first-order chi connectivity index (χ1) is 8.52. The number of carbonyl (C=O) groups is 2. The van der Waals surface area contributed by atoms with E-state index in [-0.39, 0.29) is 12.0 Å². The molecular weight excluding hydrogens is 234 g/mol. The molecule has 5 nitrogen and oxygen atoms in total. The standard InChI is InChI=1S/C13H21NO4/c1-9(2)18-8-7-14-12(15)10-5-3-4-6-11(10)13(16)17/h3-4,9-11H,5-8H2,1-2H3,(H,14,15)(H,16,17)/t10-,11+/m1/s1. The van der Waals surface area contributed by atoms with Crippen LogP contribution < -0.4 is 5.32 Å². The molecule has 1 amide bonds. The number of hydrogen-bond donors (Lipinski definition) is 2. The molecule has 1 rings (SSSR count). The maximum atomic E-state index is 11.9. The number of rotatable bonds is 6. The molecule has 0 bridgehead atoms. The van der Waals surface area contributed by atoms with E-state index >= 15 is 0 Å². The van der Waals surface area contributed by atoms with Crippen molar-refractivity contribution in [2.24, 2.45) is 11.8 Å². The van der Waals surface area contributed by atoms with Gasteiger partial charge in [0.25, 0.3) is 0 Å². The molecule has 0 saturated carbocycles. The molecule has 1 aliphatic rings. The van der Waals surface area contributed by atoms with E-state index in [1.54, 1.807) is 0 Å². The van der Waals surface area contributed by atoms with E-state index in [9.17, 15) is 9.59 Å². The minimum absolute atomic E-state index is 0.131. The highest BCUT2D eigenvalue weighted by Crippen LogP contribution is 2.25. The van der Waals surface area contributed by atoms with Crippen molar-refractivity contribution in [3.63, 3.8) is 0 Å². The fourth-order valence-electron chi connectivity index (χ4n) is 1.98. The summed E-state index contributed by atoms with van der Waals surface area (Å²) in [6.45, 7) is 4.72. The van der Waals surface area contributed by atoms with Gasteiger partial charge in [0.05, 0.1) is 24.5 Å². The highest BCUT2D eigenvalue weighted by atomic mass is 16.5. The van der Waals surface area contributed by atoms with Gasteiger partial charge in [0.1, 0.15) is 0 Å². The van der Waals surface area contributed by atoms with Crippen LogP contribution in [-0.4, -0.2) is 36.2 Å². The van der Waals surface area contributed by atoms with Gasteiger partial charge in [0.2, 0.25) is 5.91 Å². The van der Waals surface area contributed by atoms with Gasteiger partial charge in [0.15, 0.2) is 0 Å². The van der Waals surface area contributed by atoms with Gasteiger partial charge in [-0.15, -0.1) is 0 Å². The smallest absolute Gasteiger partial charge is 0.307 e. The summed E-state index contributed by atoms with van der Waals surface area (Å²) in [5, 5.41) is 11.8. The van der Waals surface area contributed by atoms with Gasteiger partial charge in [-0.2, -0.15) is 0 Å². The van der Waals surface area contributed by atoms with Crippen LogP contribution in [0.15, 0.2) is 12.2 Å². The largest absolute Gasteiger partial charge is 0.481 e. The Kier molecular flexibility index (Phi) is 5.85. The average Bonchev–Trinajstić information content (AvgIpc) is 2.34. The Morgan fingerprint density at radius 3 is 2.50 bits per heavy atom. The first-order valence-corrected chi connectivity index (χ1v) is 6.29. The summed E-state index contributed by atoms with van der Waals surface area (Å²) in [6.07, 6.45) is 4.74. The molecular formula is C13H21NO4. The Morgan fingerprint density at radius 2 is 1.94 bits per heavy atom. The molecule has 0 radical (unpaired) electrons. The summed E-state index contributed by atoms with van der Waals surface area (Å²) in [7, 11) is 0. The molecule has 0 aromatic heterocycles. The quantitative estimate of drug-likeness (QED) is 0.552. The maximum absolute atomic E-state index is 11.9. The second-order valence-electron chi connectivity index (χ2n) is 4.70. The van der Waals surface area contributed by atoms with Gasteiger partial charge in [-0.1, -0.05) is 12.2 Å². The predicted molar refractivity (Wildman–Crippen MR) is 67.1 cm³/mol. The molecule has 0 heterocycles. The molecule has 102 valence electrons. The lowest BCUT2D eigenvalue weighted by molar-refractivity contribution is -0.147. The molecule has 0 aromatic rings. The van der Waals surface area contributed by atoms with Crippen molar-refractivity contribution >= 4 is 11.9 Å². The number of amides is 1. The Hall–Kier alpha value is -1.36. The first kappa shape index (κ1) is 14.7. The lowest BCUT2D eigenvalue weighted by Crippen LogP contribution is -2.40. The molecule has 0 unspecified atom stereocenters. The molecule has 18 heavy (non-hydrogen) atoms. The van der Waals surface area contributed by atoms with Crippen LogP contribution in [0.4, 0.5) is 0 Å². The number of allylic oxidation sites excluding steroid dienone is 2. The average molecular weight is 255 g/mol. The van der Waals surface area contributed by atoms with Crippen LogP contribution in [0.25, 0.3) is 0 Å². The summed E-state index contributed by atoms with van der Waals surface area (Å²) < 4.78 is 5.31. The first-order valence-electron chi connectivity index (χ1n) is 6.29. The normalized spacial score (nSPS) is 23.1. The zero-order valence-corrected chi connectivity index (χ0v) is 10.9. The molecule has 0 saturated heterocycles. The minimum atomic E-state index is -0.905. The van der Waals surface area contributed by atoms with Crippen molar-refractivity contribution < 1.29 is 19.4 Å². The predicted octanol–water partition coefficient (Wildman–Crippen LogP) is 1.19. The SMILES string of the molecule is CC(C)OCCNC(=O)[C@@H]1CC=CC[C@@H]1C(=O)O. The zero-order chi connectivity index (χ0) is 13.5. The van der Waals surface area contributed by atoms with Crippen molar-refractivity contribution in [1.29, 1.82) is 0 Å². The van der Waals surface area contributed by atoms with Crippen LogP contribution in [0.5, 0.6) is 0 Å². The molecule has 0 aliphatic heterocycles. The second-order valence-corrected chi connectivity index (χ2v) is 4.70. The maximum Gasteiger partial charge on any atom is 0.307 e. The zero-order valence-electron chi connectivity index (χ0n) is 10.9. The van der Waals surface area contributed by atoms with Crippen LogP contribution >= 0.6 is 0 Å². The Morgan fingerprint density at radius 1 is 1.33 bits per heavy atom. The third-order valence-electron chi connectivity index (χ3n) is 2.94. The van der Waals surface area contributed by atoms with Gasteiger partial charge in [-0.3, -0.25) is 9.59 Å². The second kappa shape index (κ2) is 7.16. The van der Waals surface area contributed by atoms with Gasteiger partial charge in [0, 0.05) is 6.54 Å². The van der Waals surface area contributed by atoms with E-state index in [0.29, 0.717) is 26.0 Å². The highest BCUT2D eigenvalue weighted by molar-refractivity contribution is 5.85. The lowest BCUT2D eigenvalue weighted by Gasteiger charge is -2.24. The summed E-state index contributed by atoms with van der Waals surface area (Å²) >= 11 is 0. The molecule has 1 aliphatic carbocycles. The monoisotopic (exact) mass is 255 g/mol. The number of ether oxygens (including phenoxy) is 1. The number of aliphatic carboxylic acids is 1. The topological polar surface area (TPSA) is 75.6 Å². The molecule has 2 atom stereocenters. The Labute approximate surface area is 107 Å². The fourth-order valence-corrected chi connectivity index (χ4v) is 1.98. The number of nitrogens with one attached hydrogen (secondary N) is 1. The van der Waals surface area contributed by atoms with E-state index in [1.165, 1.54) is 0 Å². The summed E-state index contributed by atoms with van der Waals surface area (Å²) in [6, 6.07) is 0. The number of hydrogen-bond acceptors (Lipinski definition) is 3. The van der Waals surface area contributed by atoms with Gasteiger partial charge >= 0.3 is 5.97 Å². The van der Waals surface area contributed by atoms with Crippen molar-refractivity contribution in [2.75, 3.05) is 13.2 Å². The third kappa shape index (κ3) is 4.49. The van der Waals surface area contributed by atoms with Crippen molar-refractivity contribution in [1.82, 2.24) is 5.32 Å². The molecule has 5 heteroatoms. The summed E-state index contributed by atoms with van der Waals surface area (Å²) in [4.78, 5) is 22.9. The van der Waals surface area contributed by atoms with Crippen LogP contribution in [0.1, 0.15) is 26.7 Å². The van der Waals surface area contributed by atoms with Crippen molar-refractivity contribution in [2.45, 2.75) is 32.8 Å². The van der Waals surface area contributed by atoms with E-state index in [2.05, 4.69) is 5.32 Å².